The summed E-state index contributed by atoms with van der Waals surface area (Å²) in [5.74, 6) is 0.887. The average Bonchev–Trinajstić information content (AvgIpc) is 2.05. The zero-order valence-corrected chi connectivity index (χ0v) is 8.05. The minimum atomic E-state index is 0.538. The fraction of sp³-hybridized carbons (Fsp3) is 0.400. The Morgan fingerprint density at radius 1 is 1.38 bits per heavy atom. The first-order chi connectivity index (χ1) is 6.34. The second kappa shape index (κ2) is 3.99. The standard InChI is InChI=1S/C10H12ClNO/c11-8-1-3-10(4-2-8)13-7-9-5-6-12-9/h1-4,9,12H,5-7H2. The molecule has 0 saturated carbocycles. The number of hydrogen-bond acceptors (Lipinski definition) is 2. The third kappa shape index (κ3) is 2.36. The molecule has 0 amide bonds. The first kappa shape index (κ1) is 8.85. The molecule has 1 aliphatic heterocycles. The van der Waals surface area contributed by atoms with Gasteiger partial charge in [0.05, 0.1) is 0 Å². The van der Waals surface area contributed by atoms with Gasteiger partial charge in [0.1, 0.15) is 12.4 Å². The molecule has 1 aromatic carbocycles. The number of nitrogens with one attached hydrogen (secondary N) is 1. The quantitative estimate of drug-likeness (QED) is 0.801. The molecule has 1 N–H and O–H groups in total. The summed E-state index contributed by atoms with van der Waals surface area (Å²) < 4.78 is 5.54. The van der Waals surface area contributed by atoms with Crippen LogP contribution >= 0.6 is 11.6 Å². The van der Waals surface area contributed by atoms with Gasteiger partial charge in [-0.05, 0) is 37.2 Å². The lowest BCUT2D eigenvalue weighted by Crippen LogP contribution is -2.46. The largest absolute Gasteiger partial charge is 0.492 e. The molecule has 1 aliphatic rings. The van der Waals surface area contributed by atoms with Crippen molar-refractivity contribution in [2.45, 2.75) is 12.5 Å². The molecule has 0 bridgehead atoms. The molecule has 1 fully saturated rings. The average molecular weight is 198 g/mol. The van der Waals surface area contributed by atoms with Gasteiger partial charge in [-0.2, -0.15) is 0 Å². The molecule has 70 valence electrons. The highest BCUT2D eigenvalue weighted by atomic mass is 35.5. The maximum absolute atomic E-state index is 5.74. The van der Waals surface area contributed by atoms with Gasteiger partial charge in [0.2, 0.25) is 0 Å². The lowest BCUT2D eigenvalue weighted by molar-refractivity contribution is 0.217. The van der Waals surface area contributed by atoms with Crippen LogP contribution in [0.5, 0.6) is 5.75 Å². The maximum Gasteiger partial charge on any atom is 0.119 e. The molecule has 0 spiro atoms. The molecule has 1 aromatic rings. The molecule has 1 unspecified atom stereocenters. The van der Waals surface area contributed by atoms with E-state index in [1.54, 1.807) is 0 Å². The Labute approximate surface area is 82.9 Å². The van der Waals surface area contributed by atoms with Crippen molar-refractivity contribution in [2.24, 2.45) is 0 Å². The fourth-order valence-electron chi connectivity index (χ4n) is 1.22. The highest BCUT2D eigenvalue weighted by Gasteiger charge is 2.16. The van der Waals surface area contributed by atoms with E-state index < -0.39 is 0 Å². The van der Waals surface area contributed by atoms with Crippen molar-refractivity contribution in [3.8, 4) is 5.75 Å². The van der Waals surface area contributed by atoms with E-state index in [9.17, 15) is 0 Å². The Morgan fingerprint density at radius 2 is 2.08 bits per heavy atom. The van der Waals surface area contributed by atoms with E-state index >= 15 is 0 Å². The summed E-state index contributed by atoms with van der Waals surface area (Å²) in [5, 5.41) is 4.02. The van der Waals surface area contributed by atoms with Crippen LogP contribution in [0.3, 0.4) is 0 Å². The van der Waals surface area contributed by atoms with Gasteiger partial charge in [-0.1, -0.05) is 11.6 Å². The van der Waals surface area contributed by atoms with Crippen molar-refractivity contribution in [1.82, 2.24) is 5.32 Å². The van der Waals surface area contributed by atoms with Crippen molar-refractivity contribution in [3.63, 3.8) is 0 Å². The van der Waals surface area contributed by atoms with Crippen molar-refractivity contribution in [1.29, 1.82) is 0 Å². The SMILES string of the molecule is Clc1ccc(OCC2CCN2)cc1. The summed E-state index contributed by atoms with van der Waals surface area (Å²) in [5.41, 5.74) is 0. The van der Waals surface area contributed by atoms with Crippen LogP contribution in [0.2, 0.25) is 5.02 Å². The van der Waals surface area contributed by atoms with E-state index in [1.807, 2.05) is 24.3 Å². The van der Waals surface area contributed by atoms with Crippen LogP contribution in [-0.4, -0.2) is 19.2 Å². The van der Waals surface area contributed by atoms with Crippen molar-refractivity contribution in [3.05, 3.63) is 29.3 Å². The maximum atomic E-state index is 5.74. The summed E-state index contributed by atoms with van der Waals surface area (Å²) >= 11 is 5.74. The van der Waals surface area contributed by atoms with E-state index in [1.165, 1.54) is 6.42 Å². The second-order valence-corrected chi connectivity index (χ2v) is 3.64. The number of hydrogen-bond donors (Lipinski definition) is 1. The topological polar surface area (TPSA) is 21.3 Å². The van der Waals surface area contributed by atoms with Crippen LogP contribution in [0.1, 0.15) is 6.42 Å². The Morgan fingerprint density at radius 3 is 2.62 bits per heavy atom. The highest BCUT2D eigenvalue weighted by Crippen LogP contribution is 2.16. The molecule has 0 aliphatic carbocycles. The molecule has 2 rings (SSSR count). The van der Waals surface area contributed by atoms with Crippen LogP contribution in [0.4, 0.5) is 0 Å². The molecule has 1 saturated heterocycles. The van der Waals surface area contributed by atoms with Gasteiger partial charge in [-0.3, -0.25) is 0 Å². The normalized spacial score (nSPS) is 20.8. The molecule has 2 nitrogen and oxygen atoms in total. The van der Waals surface area contributed by atoms with Gasteiger partial charge in [0.15, 0.2) is 0 Å². The molecule has 1 heterocycles. The predicted molar refractivity (Wildman–Crippen MR) is 53.4 cm³/mol. The second-order valence-electron chi connectivity index (χ2n) is 3.20. The van der Waals surface area contributed by atoms with Gasteiger partial charge in [0, 0.05) is 11.1 Å². The van der Waals surface area contributed by atoms with Gasteiger partial charge >= 0.3 is 0 Å². The van der Waals surface area contributed by atoms with Crippen molar-refractivity contribution in [2.75, 3.05) is 13.2 Å². The van der Waals surface area contributed by atoms with Gasteiger partial charge in [0.25, 0.3) is 0 Å². The molecular weight excluding hydrogens is 186 g/mol. The van der Waals surface area contributed by atoms with Crippen LogP contribution in [0.25, 0.3) is 0 Å². The van der Waals surface area contributed by atoms with Gasteiger partial charge in [-0.25, -0.2) is 0 Å². The summed E-state index contributed by atoms with van der Waals surface area (Å²) in [6, 6.07) is 7.99. The molecule has 3 heteroatoms. The predicted octanol–water partition coefficient (Wildman–Crippen LogP) is 2.08. The van der Waals surface area contributed by atoms with Crippen molar-refractivity contribution >= 4 is 11.6 Å². The van der Waals surface area contributed by atoms with Crippen LogP contribution in [0, 0.1) is 0 Å². The van der Waals surface area contributed by atoms with E-state index in [4.69, 9.17) is 16.3 Å². The number of benzene rings is 1. The molecular formula is C10H12ClNO. The summed E-state index contributed by atoms with van der Waals surface area (Å²) in [6.07, 6.45) is 1.22. The number of halogens is 1. The van der Waals surface area contributed by atoms with Gasteiger partial charge in [-0.15, -0.1) is 0 Å². The molecule has 13 heavy (non-hydrogen) atoms. The monoisotopic (exact) mass is 197 g/mol. The third-order valence-corrected chi connectivity index (χ3v) is 2.44. The summed E-state index contributed by atoms with van der Waals surface area (Å²) in [7, 11) is 0. The Hall–Kier alpha value is -0.730. The van der Waals surface area contributed by atoms with E-state index in [0.717, 1.165) is 23.9 Å². The number of ether oxygens (including phenoxy) is 1. The van der Waals surface area contributed by atoms with E-state index in [-0.39, 0.29) is 0 Å². The zero-order chi connectivity index (χ0) is 9.10. The van der Waals surface area contributed by atoms with Crippen molar-refractivity contribution < 1.29 is 4.74 Å². The summed E-state index contributed by atoms with van der Waals surface area (Å²) in [4.78, 5) is 0. The molecule has 1 atom stereocenters. The smallest absolute Gasteiger partial charge is 0.119 e. The van der Waals surface area contributed by atoms with Crippen LogP contribution in [-0.2, 0) is 0 Å². The summed E-state index contributed by atoms with van der Waals surface area (Å²) in [6.45, 7) is 1.87. The van der Waals surface area contributed by atoms with Crippen LogP contribution < -0.4 is 10.1 Å². The molecule has 0 aromatic heterocycles. The Bertz CT molecular complexity index is 269. The van der Waals surface area contributed by atoms with E-state index in [2.05, 4.69) is 5.32 Å². The highest BCUT2D eigenvalue weighted by molar-refractivity contribution is 6.30. The minimum absolute atomic E-state index is 0.538. The lowest BCUT2D eigenvalue weighted by atomic mass is 10.1. The Balaban J connectivity index is 1.83. The first-order valence-corrected chi connectivity index (χ1v) is 4.84. The third-order valence-electron chi connectivity index (χ3n) is 2.19. The van der Waals surface area contributed by atoms with Crippen LogP contribution in [0.15, 0.2) is 24.3 Å². The fourth-order valence-corrected chi connectivity index (χ4v) is 1.34. The van der Waals surface area contributed by atoms with Gasteiger partial charge < -0.3 is 10.1 Å². The van der Waals surface area contributed by atoms with E-state index in [0.29, 0.717) is 6.04 Å². The first-order valence-electron chi connectivity index (χ1n) is 4.46. The lowest BCUT2D eigenvalue weighted by Gasteiger charge is -2.27. The zero-order valence-electron chi connectivity index (χ0n) is 7.29. The number of rotatable bonds is 3. The molecule has 0 radical (unpaired) electrons. The Kier molecular flexibility index (Phi) is 2.71. The minimum Gasteiger partial charge on any atom is -0.492 e.